The molecule has 4 rings (SSSR count). The van der Waals surface area contributed by atoms with Crippen molar-refractivity contribution in [2.24, 2.45) is 5.92 Å². The Bertz CT molecular complexity index is 1100. The van der Waals surface area contributed by atoms with Crippen LogP contribution >= 0.6 is 0 Å². The predicted molar refractivity (Wildman–Crippen MR) is 138 cm³/mol. The second-order valence-corrected chi connectivity index (χ2v) is 9.16. The number of ether oxygens (including phenoxy) is 3. The number of methoxy groups -OCH3 is 3. The molecule has 0 aromatic heterocycles. The molecule has 5 heteroatoms. The van der Waals surface area contributed by atoms with Gasteiger partial charge in [0, 0.05) is 18.6 Å². The van der Waals surface area contributed by atoms with Crippen LogP contribution in [-0.4, -0.2) is 38.2 Å². The maximum atomic E-state index is 13.2. The number of carbonyl (C=O) groups excluding carboxylic acids is 1. The van der Waals surface area contributed by atoms with Gasteiger partial charge in [-0.2, -0.15) is 0 Å². The lowest BCUT2D eigenvalue weighted by Gasteiger charge is -2.38. The summed E-state index contributed by atoms with van der Waals surface area (Å²) >= 11 is 0. The van der Waals surface area contributed by atoms with Crippen molar-refractivity contribution >= 4 is 5.97 Å². The van der Waals surface area contributed by atoms with Gasteiger partial charge >= 0.3 is 5.97 Å². The molecule has 0 N–H and O–H groups in total. The van der Waals surface area contributed by atoms with Crippen LogP contribution < -0.4 is 9.47 Å². The van der Waals surface area contributed by atoms with Crippen molar-refractivity contribution in [3.8, 4) is 11.5 Å². The number of carbonyl (C=O) groups is 1. The molecule has 1 aliphatic carbocycles. The van der Waals surface area contributed by atoms with Crippen molar-refractivity contribution in [3.63, 3.8) is 0 Å². The smallest absolute Gasteiger partial charge is 0.310 e. The van der Waals surface area contributed by atoms with Crippen LogP contribution in [0, 0.1) is 5.92 Å². The molecule has 184 valence electrons. The Hall–Kier alpha value is -3.31. The fourth-order valence-electron chi connectivity index (χ4n) is 5.54. The SMILES string of the molecule is COC(=O)[C@@H]1[C@H](N(Cc2ccc(OC)c(OC)c2)[C@H](C)c2ccccc2)CC[C@H]1c1ccccc1. The highest BCUT2D eigenvalue weighted by Crippen LogP contribution is 2.45. The van der Waals surface area contributed by atoms with Gasteiger partial charge in [-0.1, -0.05) is 66.7 Å². The van der Waals surface area contributed by atoms with Gasteiger partial charge in [0.25, 0.3) is 0 Å². The first-order valence-corrected chi connectivity index (χ1v) is 12.2. The first-order valence-electron chi connectivity index (χ1n) is 12.2. The molecule has 0 radical (unpaired) electrons. The molecule has 35 heavy (non-hydrogen) atoms. The minimum absolute atomic E-state index is 0.0379. The molecule has 0 saturated heterocycles. The van der Waals surface area contributed by atoms with Crippen molar-refractivity contribution in [1.29, 1.82) is 0 Å². The summed E-state index contributed by atoms with van der Waals surface area (Å²) < 4.78 is 16.4. The maximum Gasteiger partial charge on any atom is 0.310 e. The predicted octanol–water partition coefficient (Wildman–Crippen LogP) is 6.00. The third-order valence-electron chi connectivity index (χ3n) is 7.34. The third kappa shape index (κ3) is 5.35. The van der Waals surface area contributed by atoms with Crippen molar-refractivity contribution in [2.45, 2.75) is 44.3 Å². The number of esters is 1. The minimum Gasteiger partial charge on any atom is -0.493 e. The monoisotopic (exact) mass is 473 g/mol. The van der Waals surface area contributed by atoms with E-state index in [-0.39, 0.29) is 29.9 Å². The molecular formula is C30H35NO4. The Morgan fingerprint density at radius 3 is 2.17 bits per heavy atom. The van der Waals surface area contributed by atoms with Crippen LogP contribution in [0.4, 0.5) is 0 Å². The minimum atomic E-state index is -0.242. The number of benzene rings is 3. The number of rotatable bonds is 9. The highest BCUT2D eigenvalue weighted by molar-refractivity contribution is 5.75. The van der Waals surface area contributed by atoms with Crippen LogP contribution in [-0.2, 0) is 16.1 Å². The van der Waals surface area contributed by atoms with Gasteiger partial charge in [-0.15, -0.1) is 0 Å². The van der Waals surface area contributed by atoms with E-state index >= 15 is 0 Å². The summed E-state index contributed by atoms with van der Waals surface area (Å²) in [7, 11) is 4.80. The average molecular weight is 474 g/mol. The summed E-state index contributed by atoms with van der Waals surface area (Å²) in [6.45, 7) is 2.90. The van der Waals surface area contributed by atoms with Crippen LogP contribution in [0.15, 0.2) is 78.9 Å². The van der Waals surface area contributed by atoms with Crippen LogP contribution in [0.2, 0.25) is 0 Å². The summed E-state index contributed by atoms with van der Waals surface area (Å²) in [4.78, 5) is 15.7. The van der Waals surface area contributed by atoms with Gasteiger partial charge in [0.05, 0.1) is 27.2 Å². The molecule has 0 aliphatic heterocycles. The zero-order chi connectivity index (χ0) is 24.8. The first-order chi connectivity index (χ1) is 17.1. The summed E-state index contributed by atoms with van der Waals surface area (Å²) in [6, 6.07) is 27.0. The zero-order valence-electron chi connectivity index (χ0n) is 21.0. The number of nitrogens with zero attached hydrogens (tertiary/aromatic N) is 1. The summed E-state index contributed by atoms with van der Waals surface area (Å²) in [5.74, 6) is 1.16. The van der Waals surface area contributed by atoms with Crippen molar-refractivity contribution in [1.82, 2.24) is 4.90 Å². The van der Waals surface area contributed by atoms with Crippen molar-refractivity contribution < 1.29 is 19.0 Å². The maximum absolute atomic E-state index is 13.2. The number of hydrogen-bond acceptors (Lipinski definition) is 5. The molecule has 3 aromatic rings. The van der Waals surface area contributed by atoms with Crippen LogP contribution in [0.25, 0.3) is 0 Å². The molecule has 0 unspecified atom stereocenters. The molecule has 0 bridgehead atoms. The van der Waals surface area contributed by atoms with Crippen LogP contribution in [0.3, 0.4) is 0 Å². The van der Waals surface area contributed by atoms with E-state index in [0.29, 0.717) is 18.0 Å². The Kier molecular flexibility index (Phi) is 8.09. The summed E-state index contributed by atoms with van der Waals surface area (Å²) in [6.07, 6.45) is 1.86. The van der Waals surface area contributed by atoms with Gasteiger partial charge < -0.3 is 14.2 Å². The molecule has 1 saturated carbocycles. The first kappa shape index (κ1) is 24.8. The van der Waals surface area contributed by atoms with Gasteiger partial charge in [-0.25, -0.2) is 0 Å². The molecule has 1 aliphatic rings. The summed E-state index contributed by atoms with van der Waals surface area (Å²) in [5, 5.41) is 0. The Balaban J connectivity index is 1.73. The molecule has 0 spiro atoms. The molecule has 4 atom stereocenters. The Labute approximate surface area is 208 Å². The van der Waals surface area contributed by atoms with Gasteiger partial charge in [0.2, 0.25) is 0 Å². The number of hydrogen-bond donors (Lipinski definition) is 0. The lowest BCUT2D eigenvalue weighted by Crippen LogP contribution is -2.43. The topological polar surface area (TPSA) is 48.0 Å². The second-order valence-electron chi connectivity index (χ2n) is 9.16. The Morgan fingerprint density at radius 1 is 0.886 bits per heavy atom. The van der Waals surface area contributed by atoms with Gasteiger partial charge in [0.1, 0.15) is 0 Å². The molecule has 3 aromatic carbocycles. The van der Waals surface area contributed by atoms with Gasteiger partial charge in [-0.3, -0.25) is 9.69 Å². The van der Waals surface area contributed by atoms with Crippen LogP contribution in [0.1, 0.15) is 48.4 Å². The molecule has 1 fully saturated rings. The van der Waals surface area contributed by atoms with Crippen molar-refractivity contribution in [2.75, 3.05) is 21.3 Å². The van der Waals surface area contributed by atoms with E-state index in [1.165, 1.54) is 18.2 Å². The lowest BCUT2D eigenvalue weighted by molar-refractivity contribution is -0.148. The molecule has 0 heterocycles. The third-order valence-corrected chi connectivity index (χ3v) is 7.34. The van der Waals surface area contributed by atoms with E-state index in [0.717, 1.165) is 18.4 Å². The standard InChI is InChI=1S/C30H35NO4/c1-21(23-11-7-5-8-12-23)31(20-22-15-18-27(33-2)28(19-22)34-3)26-17-16-25(29(26)30(32)35-4)24-13-9-6-10-14-24/h5-15,18-19,21,25-26,29H,16-17,20H2,1-4H3/t21-,25+,26-,29+/m1/s1. The van der Waals surface area contributed by atoms with E-state index < -0.39 is 0 Å². The lowest BCUT2D eigenvalue weighted by atomic mass is 9.86. The van der Waals surface area contributed by atoms with Gasteiger partial charge in [0.15, 0.2) is 11.5 Å². The molecule has 5 nitrogen and oxygen atoms in total. The van der Waals surface area contributed by atoms with E-state index in [9.17, 15) is 4.79 Å². The zero-order valence-corrected chi connectivity index (χ0v) is 21.0. The highest BCUT2D eigenvalue weighted by atomic mass is 16.5. The quantitative estimate of drug-likeness (QED) is 0.357. The molecule has 0 amide bonds. The average Bonchev–Trinajstić information content (AvgIpc) is 3.36. The fraction of sp³-hybridized carbons (Fsp3) is 0.367. The van der Waals surface area contributed by atoms with E-state index in [2.05, 4.69) is 54.3 Å². The van der Waals surface area contributed by atoms with E-state index in [1.54, 1.807) is 14.2 Å². The van der Waals surface area contributed by atoms with E-state index in [1.807, 2.05) is 36.4 Å². The van der Waals surface area contributed by atoms with Crippen LogP contribution in [0.5, 0.6) is 11.5 Å². The second kappa shape index (κ2) is 11.4. The van der Waals surface area contributed by atoms with E-state index in [4.69, 9.17) is 14.2 Å². The Morgan fingerprint density at radius 2 is 1.54 bits per heavy atom. The summed E-state index contributed by atoms with van der Waals surface area (Å²) in [5.41, 5.74) is 3.53. The normalized spacial score (nSPS) is 20.4. The highest BCUT2D eigenvalue weighted by Gasteiger charge is 2.46. The largest absolute Gasteiger partial charge is 0.493 e. The fourth-order valence-corrected chi connectivity index (χ4v) is 5.54. The van der Waals surface area contributed by atoms with Gasteiger partial charge in [-0.05, 0) is 54.5 Å². The molecular weight excluding hydrogens is 438 g/mol. The van der Waals surface area contributed by atoms with Crippen molar-refractivity contribution in [3.05, 3.63) is 95.6 Å².